The molecule has 0 unspecified atom stereocenters. The number of rotatable bonds is 23. The van der Waals surface area contributed by atoms with Crippen molar-refractivity contribution in [1.82, 2.24) is 0 Å². The summed E-state index contributed by atoms with van der Waals surface area (Å²) in [5.74, 6) is 0. The largest absolute Gasteiger partial charge is 0.407 e. The Morgan fingerprint density at radius 3 is 0.891 bits per heavy atom. The number of hydrogen-bond acceptors (Lipinski definition) is 6. The molecule has 64 heavy (non-hydrogen) atoms. The van der Waals surface area contributed by atoms with E-state index < -0.39 is 41.1 Å². The van der Waals surface area contributed by atoms with E-state index in [1.165, 1.54) is 20.7 Å². The molecular weight excluding hydrogens is 825 g/mol. The van der Waals surface area contributed by atoms with Crippen LogP contribution in [-0.2, 0) is 31.5 Å². The molecule has 6 nitrogen and oxygen atoms in total. The summed E-state index contributed by atoms with van der Waals surface area (Å²) in [6.45, 7) is 15.2. The lowest BCUT2D eigenvalue weighted by Crippen LogP contribution is -2.66. The molecule has 0 saturated heterocycles. The predicted molar refractivity (Wildman–Crippen MR) is 268 cm³/mol. The first-order valence-electron chi connectivity index (χ1n) is 23.0. The Hall–Kier alpha value is -4.49. The maximum absolute atomic E-state index is 12.2. The summed E-state index contributed by atoms with van der Waals surface area (Å²) in [6.07, 6.45) is -1.63. The molecule has 6 aromatic rings. The summed E-state index contributed by atoms with van der Waals surface area (Å²) in [5.41, 5.74) is 1.99. The van der Waals surface area contributed by atoms with Gasteiger partial charge in [-0.2, -0.15) is 0 Å². The molecule has 0 bridgehead atoms. The van der Waals surface area contributed by atoms with Gasteiger partial charge in [0.15, 0.2) is 0 Å². The highest BCUT2D eigenvalue weighted by Gasteiger charge is 2.51. The van der Waals surface area contributed by atoms with E-state index in [0.29, 0.717) is 52.1 Å². The molecule has 2 N–H and O–H groups in total. The second-order valence-corrected chi connectivity index (χ2v) is 27.6. The Bertz CT molecular complexity index is 1960. The topological polar surface area (TPSA) is 77.4 Å². The Balaban J connectivity index is 1.22. The fraction of sp³-hybridized carbons (Fsp3) is 0.357. The van der Waals surface area contributed by atoms with E-state index in [0.717, 1.165) is 11.1 Å². The normalized spacial score (nSPS) is 14.4. The van der Waals surface area contributed by atoms with Crippen molar-refractivity contribution in [1.29, 1.82) is 0 Å². The summed E-state index contributed by atoms with van der Waals surface area (Å²) in [5, 5.41) is 29.0. The molecule has 6 aromatic carbocycles. The minimum atomic E-state index is -2.77. The van der Waals surface area contributed by atoms with Gasteiger partial charge in [-0.1, -0.05) is 224 Å². The maximum atomic E-state index is 12.2. The molecule has 338 valence electrons. The van der Waals surface area contributed by atoms with E-state index in [2.05, 4.69) is 163 Å². The molecule has 0 spiro atoms. The van der Waals surface area contributed by atoms with Crippen LogP contribution in [0.15, 0.2) is 182 Å². The van der Waals surface area contributed by atoms with E-state index >= 15 is 0 Å². The average molecular weight is 895 g/mol. The van der Waals surface area contributed by atoms with Crippen LogP contribution in [-0.4, -0.2) is 64.5 Å². The number of hydrogen-bond donors (Lipinski definition) is 2. The third-order valence-corrected chi connectivity index (χ3v) is 22.5. The van der Waals surface area contributed by atoms with Crippen molar-refractivity contribution in [3.05, 3.63) is 193 Å². The van der Waals surface area contributed by atoms with E-state index in [9.17, 15) is 10.2 Å². The first-order valence-corrected chi connectivity index (χ1v) is 26.9. The first kappa shape index (κ1) is 49.0. The maximum Gasteiger partial charge on any atom is 0.261 e. The lowest BCUT2D eigenvalue weighted by molar-refractivity contribution is -0.147. The second kappa shape index (κ2) is 23.1. The van der Waals surface area contributed by atoms with Gasteiger partial charge in [0, 0.05) is 13.2 Å². The van der Waals surface area contributed by atoms with Gasteiger partial charge >= 0.3 is 0 Å². The van der Waals surface area contributed by atoms with Gasteiger partial charge in [0.25, 0.3) is 16.6 Å². The molecule has 0 heterocycles. The molecule has 0 saturated carbocycles. The Labute approximate surface area is 385 Å². The van der Waals surface area contributed by atoms with Crippen LogP contribution in [0.25, 0.3) is 0 Å². The highest BCUT2D eigenvalue weighted by Crippen LogP contribution is 2.38. The highest BCUT2D eigenvalue weighted by molar-refractivity contribution is 7.00. The third-order valence-electron chi connectivity index (χ3n) is 12.5. The van der Waals surface area contributed by atoms with Gasteiger partial charge in [-0.25, -0.2) is 0 Å². The van der Waals surface area contributed by atoms with E-state index in [1.54, 1.807) is 0 Å². The van der Waals surface area contributed by atoms with Gasteiger partial charge in [0.2, 0.25) is 0 Å². The molecule has 0 fully saturated rings. The fourth-order valence-electron chi connectivity index (χ4n) is 9.24. The fourth-order valence-corrected chi connectivity index (χ4v) is 18.5. The second-order valence-electron chi connectivity index (χ2n) is 19.0. The molecule has 6 rings (SSSR count). The molecule has 0 aliphatic carbocycles. The molecule has 0 radical (unpaired) electrons. The van der Waals surface area contributed by atoms with E-state index in [4.69, 9.17) is 18.3 Å². The molecule has 0 aliphatic heterocycles. The Kier molecular flexibility index (Phi) is 17.7. The van der Waals surface area contributed by atoms with Gasteiger partial charge in [0.05, 0.1) is 25.4 Å². The van der Waals surface area contributed by atoms with Gasteiger partial charge in [0.1, 0.15) is 12.2 Å². The van der Waals surface area contributed by atoms with Crippen molar-refractivity contribution in [2.45, 2.75) is 115 Å². The van der Waals surface area contributed by atoms with Crippen molar-refractivity contribution < 1.29 is 28.5 Å². The zero-order valence-electron chi connectivity index (χ0n) is 38.8. The summed E-state index contributed by atoms with van der Waals surface area (Å²) in [4.78, 5) is 0. The minimum absolute atomic E-state index is 0.168. The van der Waals surface area contributed by atoms with Gasteiger partial charge in [-0.3, -0.25) is 0 Å². The van der Waals surface area contributed by atoms with Crippen molar-refractivity contribution in [2.24, 2.45) is 0 Å². The lowest BCUT2D eigenvalue weighted by Gasteiger charge is -2.43. The van der Waals surface area contributed by atoms with Gasteiger partial charge in [-0.15, -0.1) is 0 Å². The number of benzene rings is 6. The van der Waals surface area contributed by atoms with E-state index in [-0.39, 0.29) is 10.1 Å². The van der Waals surface area contributed by atoms with Crippen LogP contribution in [0.4, 0.5) is 0 Å². The zero-order valence-corrected chi connectivity index (χ0v) is 40.8. The van der Waals surface area contributed by atoms with Crippen LogP contribution in [0.1, 0.15) is 78.4 Å². The molecule has 0 amide bonds. The Morgan fingerprint density at radius 2 is 0.641 bits per heavy atom. The van der Waals surface area contributed by atoms with Crippen molar-refractivity contribution >= 4 is 37.4 Å². The summed E-state index contributed by atoms with van der Waals surface area (Å²) in [7, 11) is -5.54. The lowest BCUT2D eigenvalue weighted by atomic mass is 9.96. The average Bonchev–Trinajstić information content (AvgIpc) is 3.31. The van der Waals surface area contributed by atoms with Gasteiger partial charge in [-0.05, 0) is 67.6 Å². The van der Waals surface area contributed by atoms with Crippen LogP contribution in [0.3, 0.4) is 0 Å². The standard InChI is InChI=1S/C56H70O6Si2/c1-55(2,3)63(47-31-17-9-18-32-47,48-33-19-10-20-34-48)61-41-25-39-51(59-43-45-27-13-7-14-28-45)53(57)54(58)52(60-44-46-29-15-8-16-30-46)40-26-42-62-64(56(4,5)6,49-35-21-11-22-36-49)50-37-23-12-24-38-50/h7-24,27-38,51-54,57-58H,25-26,39-44H2,1-6H3/t51-,52-,53+,54+/m1/s1. The van der Waals surface area contributed by atoms with Crippen molar-refractivity contribution in [2.75, 3.05) is 13.2 Å². The van der Waals surface area contributed by atoms with Crippen LogP contribution in [0.2, 0.25) is 10.1 Å². The molecule has 0 aromatic heterocycles. The first-order chi connectivity index (χ1) is 30.9. The third kappa shape index (κ3) is 12.0. The quantitative estimate of drug-likeness (QED) is 0.0493. The molecule has 4 atom stereocenters. The summed E-state index contributed by atoms with van der Waals surface area (Å²) >= 11 is 0. The Morgan fingerprint density at radius 1 is 0.391 bits per heavy atom. The SMILES string of the molecule is CC(C)(C)[Si](OCCC[C@@H](OCc1ccccc1)[C@H](O)[C@@H](O)[C@@H](CCCO[Si](c1ccccc1)(c1ccccc1)C(C)(C)C)OCc1ccccc1)(c1ccccc1)c1ccccc1. The zero-order chi connectivity index (χ0) is 45.5. The van der Waals surface area contributed by atoms with Crippen LogP contribution >= 0.6 is 0 Å². The molecule has 8 heteroatoms. The highest BCUT2D eigenvalue weighted by atomic mass is 28.4. The monoisotopic (exact) mass is 894 g/mol. The van der Waals surface area contributed by atoms with E-state index in [1.807, 2.05) is 60.7 Å². The van der Waals surface area contributed by atoms with Crippen LogP contribution in [0.5, 0.6) is 0 Å². The van der Waals surface area contributed by atoms with Crippen LogP contribution in [0, 0.1) is 0 Å². The van der Waals surface area contributed by atoms with Crippen molar-refractivity contribution in [3.8, 4) is 0 Å². The smallest absolute Gasteiger partial charge is 0.261 e. The number of aliphatic hydroxyl groups excluding tert-OH is 2. The predicted octanol–water partition coefficient (Wildman–Crippen LogP) is 9.59. The number of ether oxygens (including phenoxy) is 2. The van der Waals surface area contributed by atoms with Crippen LogP contribution < -0.4 is 20.7 Å². The number of aliphatic hydroxyl groups is 2. The minimum Gasteiger partial charge on any atom is -0.407 e. The molecule has 0 aliphatic rings. The van der Waals surface area contributed by atoms with Crippen molar-refractivity contribution in [3.63, 3.8) is 0 Å². The molecular formula is C56H70O6Si2. The summed E-state index contributed by atoms with van der Waals surface area (Å²) < 4.78 is 27.6. The van der Waals surface area contributed by atoms with Gasteiger partial charge < -0.3 is 28.5 Å². The summed E-state index contributed by atoms with van der Waals surface area (Å²) in [6, 6.07) is 62.5.